The highest BCUT2D eigenvalue weighted by Crippen LogP contribution is 2.42. The molecule has 0 saturated carbocycles. The molecule has 1 aliphatic rings. The minimum Gasteiger partial charge on any atom is -0.311 e. The van der Waals surface area contributed by atoms with Crippen LogP contribution < -0.4 is 4.90 Å². The molecule has 1 heterocycles. The average Bonchev–Trinajstić information content (AvgIpc) is 4.22. The van der Waals surface area contributed by atoms with E-state index in [9.17, 15) is 0 Å². The molecule has 77 heavy (non-hydrogen) atoms. The summed E-state index contributed by atoms with van der Waals surface area (Å²) in [6.45, 7) is 0. The number of hydrogen-bond donors (Lipinski definition) is 0. The molecule has 0 radical (unpaired) electrons. The molecule has 2 heteroatoms. The predicted octanol–water partition coefficient (Wildman–Crippen LogP) is 20.5. The number of allylic oxidation sites excluding steroid dienone is 1. The van der Waals surface area contributed by atoms with E-state index in [0.717, 1.165) is 23.5 Å². The molecule has 0 atom stereocenters. The quantitative estimate of drug-likeness (QED) is 0.131. The van der Waals surface area contributed by atoms with Crippen molar-refractivity contribution in [1.82, 2.24) is 4.57 Å². The van der Waals surface area contributed by atoms with E-state index >= 15 is 0 Å². The van der Waals surface area contributed by atoms with E-state index in [4.69, 9.17) is 0 Å². The molecule has 0 amide bonds. The summed E-state index contributed by atoms with van der Waals surface area (Å²) in [6, 6.07) is 105. The Labute approximate surface area is 448 Å². The molecule has 0 bridgehead atoms. The van der Waals surface area contributed by atoms with Gasteiger partial charge in [-0.25, -0.2) is 0 Å². The van der Waals surface area contributed by atoms with Gasteiger partial charge >= 0.3 is 0 Å². The van der Waals surface area contributed by atoms with Crippen molar-refractivity contribution in [2.75, 3.05) is 4.90 Å². The molecule has 360 valence electrons. The molecule has 0 N–H and O–H groups in total. The molecule has 0 unspecified atom stereocenters. The van der Waals surface area contributed by atoms with Crippen LogP contribution in [0.4, 0.5) is 17.1 Å². The zero-order valence-corrected chi connectivity index (χ0v) is 42.3. The van der Waals surface area contributed by atoms with Crippen molar-refractivity contribution >= 4 is 82.8 Å². The highest BCUT2D eigenvalue weighted by Gasteiger charge is 2.18. The first-order valence-electron chi connectivity index (χ1n) is 26.7. The maximum absolute atomic E-state index is 2.37. The van der Waals surface area contributed by atoms with Crippen molar-refractivity contribution in [2.45, 2.75) is 6.42 Å². The van der Waals surface area contributed by atoms with Crippen LogP contribution in [0.1, 0.15) is 16.7 Å². The first kappa shape index (κ1) is 44.5. The van der Waals surface area contributed by atoms with Gasteiger partial charge in [0.15, 0.2) is 0 Å². The van der Waals surface area contributed by atoms with Gasteiger partial charge in [0.25, 0.3) is 0 Å². The Hall–Kier alpha value is -10.0. The third-order valence-electron chi connectivity index (χ3n) is 16.0. The van der Waals surface area contributed by atoms with Crippen molar-refractivity contribution in [1.29, 1.82) is 0 Å². The minimum absolute atomic E-state index is 0.955. The summed E-state index contributed by atoms with van der Waals surface area (Å²) in [4.78, 5) is 2.37. The van der Waals surface area contributed by atoms with E-state index in [1.54, 1.807) is 0 Å². The zero-order valence-electron chi connectivity index (χ0n) is 42.3. The summed E-state index contributed by atoms with van der Waals surface area (Å²) in [6.07, 6.45) is 3.30. The molecule has 2 nitrogen and oxygen atoms in total. The van der Waals surface area contributed by atoms with E-state index in [1.165, 1.54) is 127 Å². The topological polar surface area (TPSA) is 8.17 Å². The van der Waals surface area contributed by atoms with Crippen molar-refractivity contribution in [3.05, 3.63) is 302 Å². The van der Waals surface area contributed by atoms with Crippen LogP contribution in [-0.2, 0) is 6.42 Å². The van der Waals surface area contributed by atoms with Gasteiger partial charge in [-0.05, 0) is 178 Å². The van der Waals surface area contributed by atoms with Crippen molar-refractivity contribution in [2.24, 2.45) is 0 Å². The SMILES string of the molecule is C1=C(c2ccc(N(c3ccc(-c4ccc(-c5ccc6c7ccccc7c7ccccc7c6c5)cc4)cc3)c3ccc(-c4ccc(-c5ccc6c(c5)c5ccccc5n6-c5ccccc5)cc4)cc3)cc2)Cc2ccccc21. The molecule has 15 rings (SSSR count). The Balaban J connectivity index is 0.726. The summed E-state index contributed by atoms with van der Waals surface area (Å²) in [7, 11) is 0. The number of fused-ring (bicyclic) bond motifs is 10. The first-order valence-corrected chi connectivity index (χ1v) is 26.7. The highest BCUT2D eigenvalue weighted by atomic mass is 15.1. The molecule has 1 aliphatic carbocycles. The van der Waals surface area contributed by atoms with Crippen LogP contribution in [0.2, 0.25) is 0 Å². The summed E-state index contributed by atoms with van der Waals surface area (Å²) < 4.78 is 2.37. The van der Waals surface area contributed by atoms with Crippen LogP contribution in [0.3, 0.4) is 0 Å². The Morgan fingerprint density at radius 3 is 1.18 bits per heavy atom. The molecule has 0 fully saturated rings. The molecule has 0 saturated heterocycles. The fourth-order valence-corrected chi connectivity index (χ4v) is 12.1. The van der Waals surface area contributed by atoms with Crippen LogP contribution in [0.5, 0.6) is 0 Å². The number of benzene rings is 13. The van der Waals surface area contributed by atoms with Gasteiger partial charge < -0.3 is 9.47 Å². The fraction of sp³-hybridized carbons (Fsp3) is 0.0133. The molecule has 0 spiro atoms. The van der Waals surface area contributed by atoms with Crippen molar-refractivity contribution in [3.63, 3.8) is 0 Å². The van der Waals surface area contributed by atoms with Gasteiger partial charge in [0.2, 0.25) is 0 Å². The van der Waals surface area contributed by atoms with Gasteiger partial charge in [-0.15, -0.1) is 0 Å². The lowest BCUT2D eigenvalue weighted by Crippen LogP contribution is -2.10. The van der Waals surface area contributed by atoms with Crippen LogP contribution in [-0.4, -0.2) is 4.57 Å². The van der Waals surface area contributed by atoms with E-state index in [2.05, 4.69) is 301 Å². The number of para-hydroxylation sites is 2. The highest BCUT2D eigenvalue weighted by molar-refractivity contribution is 6.25. The lowest BCUT2D eigenvalue weighted by Gasteiger charge is -2.26. The Morgan fingerprint density at radius 1 is 0.260 bits per heavy atom. The summed E-state index contributed by atoms with van der Waals surface area (Å²) in [5.41, 5.74) is 21.8. The number of rotatable bonds is 9. The molecule has 1 aromatic heterocycles. The average molecular weight is 979 g/mol. The van der Waals surface area contributed by atoms with Crippen LogP contribution in [0, 0.1) is 0 Å². The number of nitrogens with zero attached hydrogens (tertiary/aromatic N) is 2. The third-order valence-corrected chi connectivity index (χ3v) is 16.0. The van der Waals surface area contributed by atoms with Gasteiger partial charge in [-0.2, -0.15) is 0 Å². The van der Waals surface area contributed by atoms with Gasteiger partial charge in [0, 0.05) is 33.5 Å². The van der Waals surface area contributed by atoms with Crippen molar-refractivity contribution in [3.8, 4) is 50.2 Å². The van der Waals surface area contributed by atoms with Crippen LogP contribution in [0.25, 0.3) is 116 Å². The third kappa shape index (κ3) is 7.81. The van der Waals surface area contributed by atoms with Gasteiger partial charge in [0.1, 0.15) is 0 Å². The van der Waals surface area contributed by atoms with Crippen molar-refractivity contribution < 1.29 is 0 Å². The Bertz CT molecular complexity index is 4550. The maximum atomic E-state index is 2.37. The molecular weight excluding hydrogens is 929 g/mol. The zero-order chi connectivity index (χ0) is 50.8. The van der Waals surface area contributed by atoms with Gasteiger partial charge in [-0.3, -0.25) is 0 Å². The van der Waals surface area contributed by atoms with E-state index in [0.29, 0.717) is 0 Å². The second-order valence-corrected chi connectivity index (χ2v) is 20.4. The summed E-state index contributed by atoms with van der Waals surface area (Å²) >= 11 is 0. The van der Waals surface area contributed by atoms with Crippen LogP contribution in [0.15, 0.2) is 285 Å². The molecular formula is C75H50N2. The maximum Gasteiger partial charge on any atom is 0.0541 e. The Kier molecular flexibility index (Phi) is 10.6. The standard InChI is InChI=1S/C75H50N2/c1-2-14-62(15-3-1)77-74-21-11-10-20-71(74)73-49-60(37-45-75(73)77)55-28-24-51(25-29-55)53-32-40-64(41-33-53)76(65-42-34-56(35-43-65)61-46-57-12-4-5-13-58(57)47-61)63-38-30-52(31-39-63)50-22-26-54(27-23-50)59-36-44-70-68-18-7-6-16-66(68)67-17-8-9-19-69(67)72(70)48-59/h1-46,48-49H,47H2. The predicted molar refractivity (Wildman–Crippen MR) is 328 cm³/mol. The van der Waals surface area contributed by atoms with Gasteiger partial charge in [-0.1, -0.05) is 218 Å². The fourth-order valence-electron chi connectivity index (χ4n) is 12.1. The van der Waals surface area contributed by atoms with Crippen LogP contribution >= 0.6 is 0 Å². The summed E-state index contributed by atoms with van der Waals surface area (Å²) in [5, 5.41) is 10.3. The number of hydrogen-bond acceptors (Lipinski definition) is 1. The second kappa shape index (κ2) is 18.4. The van der Waals surface area contributed by atoms with E-state index in [1.807, 2.05) is 0 Å². The van der Waals surface area contributed by atoms with E-state index < -0.39 is 0 Å². The monoisotopic (exact) mass is 978 g/mol. The lowest BCUT2D eigenvalue weighted by molar-refractivity contribution is 1.18. The molecule has 13 aromatic carbocycles. The lowest BCUT2D eigenvalue weighted by atomic mass is 9.92. The summed E-state index contributed by atoms with van der Waals surface area (Å²) in [5.74, 6) is 0. The second-order valence-electron chi connectivity index (χ2n) is 20.4. The number of anilines is 3. The van der Waals surface area contributed by atoms with Gasteiger partial charge in [0.05, 0.1) is 11.0 Å². The molecule has 0 aliphatic heterocycles. The number of aromatic nitrogens is 1. The first-order chi connectivity index (χ1) is 38.1. The largest absolute Gasteiger partial charge is 0.311 e. The minimum atomic E-state index is 0.955. The Morgan fingerprint density at radius 2 is 0.636 bits per heavy atom. The normalized spacial score (nSPS) is 12.2. The smallest absolute Gasteiger partial charge is 0.0541 e. The van der Waals surface area contributed by atoms with E-state index in [-0.39, 0.29) is 0 Å². The molecule has 14 aromatic rings.